The second-order valence-corrected chi connectivity index (χ2v) is 8.48. The van der Waals surface area contributed by atoms with E-state index in [1.54, 1.807) is 18.2 Å². The van der Waals surface area contributed by atoms with Crippen molar-refractivity contribution >= 4 is 40.1 Å². The van der Waals surface area contributed by atoms with Crippen LogP contribution in [0.15, 0.2) is 78.9 Å². The fourth-order valence-electron chi connectivity index (χ4n) is 3.81. The molecule has 0 saturated carbocycles. The van der Waals surface area contributed by atoms with Crippen molar-refractivity contribution in [2.45, 2.75) is 26.2 Å². The lowest BCUT2D eigenvalue weighted by molar-refractivity contribution is -0.119. The Kier molecular flexibility index (Phi) is 7.24. The van der Waals surface area contributed by atoms with Crippen LogP contribution in [-0.2, 0) is 9.53 Å². The Labute approximate surface area is 203 Å². The number of carbonyl (C=O) groups is 2. The first-order valence-corrected chi connectivity index (χ1v) is 11.6. The summed E-state index contributed by atoms with van der Waals surface area (Å²) in [6.07, 6.45) is 0.949. The van der Waals surface area contributed by atoms with Crippen LogP contribution in [0.1, 0.15) is 42.1 Å². The summed E-state index contributed by atoms with van der Waals surface area (Å²) >= 11 is 6.36. The Balaban J connectivity index is 1.56. The lowest BCUT2D eigenvalue weighted by atomic mass is 9.97. The average Bonchev–Trinajstić information content (AvgIpc) is 2.86. The van der Waals surface area contributed by atoms with Crippen LogP contribution >= 0.6 is 11.6 Å². The highest BCUT2D eigenvalue weighted by molar-refractivity contribution is 6.33. The summed E-state index contributed by atoms with van der Waals surface area (Å²) in [6, 6.07) is 23.9. The monoisotopic (exact) mass is 472 g/mol. The molecule has 6 heteroatoms. The average molecular weight is 473 g/mol. The van der Waals surface area contributed by atoms with E-state index in [9.17, 15) is 9.59 Å². The van der Waals surface area contributed by atoms with Crippen LogP contribution in [0.2, 0.25) is 5.02 Å². The van der Waals surface area contributed by atoms with E-state index in [2.05, 4.69) is 24.1 Å². The predicted molar refractivity (Wildman–Crippen MR) is 136 cm³/mol. The van der Waals surface area contributed by atoms with Gasteiger partial charge in [0.25, 0.3) is 5.91 Å². The van der Waals surface area contributed by atoms with Crippen LogP contribution in [0.25, 0.3) is 22.2 Å². The van der Waals surface area contributed by atoms with E-state index in [4.69, 9.17) is 16.3 Å². The zero-order valence-electron chi connectivity index (χ0n) is 19.0. The highest BCUT2D eigenvalue weighted by Gasteiger charge is 2.18. The van der Waals surface area contributed by atoms with Gasteiger partial charge in [-0.3, -0.25) is 4.79 Å². The Morgan fingerprint density at radius 2 is 1.71 bits per heavy atom. The van der Waals surface area contributed by atoms with Gasteiger partial charge in [0.2, 0.25) is 0 Å². The van der Waals surface area contributed by atoms with E-state index in [1.165, 1.54) is 0 Å². The van der Waals surface area contributed by atoms with E-state index in [-0.39, 0.29) is 0 Å². The van der Waals surface area contributed by atoms with E-state index >= 15 is 0 Å². The molecule has 1 atom stereocenters. The minimum atomic E-state index is -0.600. The second kappa shape index (κ2) is 10.5. The van der Waals surface area contributed by atoms with Gasteiger partial charge in [-0.2, -0.15) is 0 Å². The lowest BCUT2D eigenvalue weighted by Gasteiger charge is -2.16. The minimum absolute atomic E-state index is 0.297. The standard InChI is InChI=1S/C28H25ClN2O3/c1-3-18(2)19-10-5-8-14-24(19)31-27(32)17-34-28(33)22-16-26(21-12-4-7-13-23(21)29)30-25-15-9-6-11-20(22)25/h4-16,18H,3,17H2,1-2H3,(H,31,32)/t18-/m0/s1. The Bertz CT molecular complexity index is 1350. The van der Waals surface area contributed by atoms with Crippen LogP contribution in [0.4, 0.5) is 5.69 Å². The van der Waals surface area contributed by atoms with E-state index in [0.29, 0.717) is 38.7 Å². The van der Waals surface area contributed by atoms with E-state index in [1.807, 2.05) is 60.7 Å². The zero-order valence-corrected chi connectivity index (χ0v) is 19.8. The number of halogens is 1. The van der Waals surface area contributed by atoms with Gasteiger partial charge in [0, 0.05) is 21.7 Å². The molecule has 0 bridgehead atoms. The number of pyridine rings is 1. The number of anilines is 1. The summed E-state index contributed by atoms with van der Waals surface area (Å²) in [5, 5.41) is 4.04. The van der Waals surface area contributed by atoms with Gasteiger partial charge in [-0.05, 0) is 42.2 Å². The van der Waals surface area contributed by atoms with Crippen LogP contribution in [0.3, 0.4) is 0 Å². The van der Waals surface area contributed by atoms with Gasteiger partial charge >= 0.3 is 5.97 Å². The van der Waals surface area contributed by atoms with Crippen LogP contribution in [0.5, 0.6) is 0 Å². The van der Waals surface area contributed by atoms with Gasteiger partial charge in [0.15, 0.2) is 6.61 Å². The van der Waals surface area contributed by atoms with Crippen molar-refractivity contribution in [3.8, 4) is 11.3 Å². The molecule has 1 aromatic heterocycles. The van der Waals surface area contributed by atoms with Gasteiger partial charge in [-0.1, -0.05) is 80.0 Å². The molecule has 172 valence electrons. The molecule has 1 heterocycles. The molecule has 3 aromatic carbocycles. The molecular weight excluding hydrogens is 448 g/mol. The number of nitrogens with zero attached hydrogens (tertiary/aromatic N) is 1. The Morgan fingerprint density at radius 1 is 1.00 bits per heavy atom. The van der Waals surface area contributed by atoms with Gasteiger partial charge in [0.1, 0.15) is 0 Å². The summed E-state index contributed by atoms with van der Waals surface area (Å²) in [4.78, 5) is 30.3. The summed E-state index contributed by atoms with van der Waals surface area (Å²) in [5.41, 5.74) is 4.01. The predicted octanol–water partition coefficient (Wildman–Crippen LogP) is 6.86. The summed E-state index contributed by atoms with van der Waals surface area (Å²) in [6.45, 7) is 3.81. The van der Waals surface area contributed by atoms with Gasteiger partial charge in [-0.25, -0.2) is 9.78 Å². The molecule has 34 heavy (non-hydrogen) atoms. The first-order valence-electron chi connectivity index (χ1n) is 11.2. The normalized spacial score (nSPS) is 11.7. The number of benzene rings is 3. The highest BCUT2D eigenvalue weighted by Crippen LogP contribution is 2.30. The molecule has 0 unspecified atom stereocenters. The molecule has 1 amide bonds. The number of hydrogen-bond donors (Lipinski definition) is 1. The maximum atomic E-state index is 13.0. The maximum absolute atomic E-state index is 13.0. The van der Waals surface area contributed by atoms with Gasteiger partial charge < -0.3 is 10.1 Å². The molecule has 0 aliphatic carbocycles. The minimum Gasteiger partial charge on any atom is -0.452 e. The topological polar surface area (TPSA) is 68.3 Å². The summed E-state index contributed by atoms with van der Waals surface area (Å²) in [5.74, 6) is -0.698. The highest BCUT2D eigenvalue weighted by atomic mass is 35.5. The largest absolute Gasteiger partial charge is 0.452 e. The third kappa shape index (κ3) is 5.10. The second-order valence-electron chi connectivity index (χ2n) is 8.07. The molecule has 5 nitrogen and oxygen atoms in total. The molecule has 1 N–H and O–H groups in total. The number of carbonyl (C=O) groups excluding carboxylic acids is 2. The van der Waals surface area contributed by atoms with Gasteiger partial charge in [0.05, 0.1) is 16.8 Å². The molecule has 0 fully saturated rings. The molecule has 4 aromatic rings. The fraction of sp³-hybridized carbons (Fsp3) is 0.179. The number of esters is 1. The van der Waals surface area contributed by atoms with Crippen molar-refractivity contribution in [1.29, 1.82) is 0 Å². The number of nitrogens with one attached hydrogen (secondary N) is 1. The van der Waals surface area contributed by atoms with Gasteiger partial charge in [-0.15, -0.1) is 0 Å². The van der Waals surface area contributed by atoms with Crippen LogP contribution < -0.4 is 5.32 Å². The SMILES string of the molecule is CC[C@H](C)c1ccccc1NC(=O)COC(=O)c1cc(-c2ccccc2Cl)nc2ccccc12. The van der Waals surface area contributed by atoms with Crippen molar-refractivity contribution in [1.82, 2.24) is 4.98 Å². The molecule has 4 rings (SSSR count). The number of rotatable bonds is 7. The van der Waals surface area contributed by atoms with E-state index in [0.717, 1.165) is 17.7 Å². The molecule has 0 radical (unpaired) electrons. The zero-order chi connectivity index (χ0) is 24.1. The Morgan fingerprint density at radius 3 is 2.50 bits per heavy atom. The first kappa shape index (κ1) is 23.5. The number of amides is 1. The molecular formula is C28H25ClN2O3. The first-order chi connectivity index (χ1) is 16.5. The quantitative estimate of drug-likeness (QED) is 0.298. The van der Waals surface area contributed by atoms with Crippen molar-refractivity contribution in [2.75, 3.05) is 11.9 Å². The van der Waals surface area contributed by atoms with Crippen molar-refractivity contribution < 1.29 is 14.3 Å². The van der Waals surface area contributed by atoms with Crippen LogP contribution in [0, 0.1) is 0 Å². The maximum Gasteiger partial charge on any atom is 0.339 e. The number of para-hydroxylation sites is 2. The number of fused-ring (bicyclic) bond motifs is 1. The van der Waals surface area contributed by atoms with Crippen molar-refractivity contribution in [3.63, 3.8) is 0 Å². The molecule has 0 saturated heterocycles. The third-order valence-corrected chi connectivity index (χ3v) is 6.13. The van der Waals surface area contributed by atoms with Crippen molar-refractivity contribution in [3.05, 3.63) is 95.0 Å². The number of aromatic nitrogens is 1. The number of hydrogen-bond acceptors (Lipinski definition) is 4. The molecule has 0 aliphatic heterocycles. The summed E-state index contributed by atoms with van der Waals surface area (Å²) in [7, 11) is 0. The fourth-order valence-corrected chi connectivity index (χ4v) is 4.04. The number of ether oxygens (including phenoxy) is 1. The van der Waals surface area contributed by atoms with Crippen LogP contribution in [-0.4, -0.2) is 23.5 Å². The molecule has 0 aliphatic rings. The Hall–Kier alpha value is -3.70. The molecule has 0 spiro atoms. The summed E-state index contributed by atoms with van der Waals surface area (Å²) < 4.78 is 5.41. The smallest absolute Gasteiger partial charge is 0.339 e. The van der Waals surface area contributed by atoms with Crippen molar-refractivity contribution in [2.24, 2.45) is 0 Å². The van der Waals surface area contributed by atoms with E-state index < -0.39 is 18.5 Å². The third-order valence-electron chi connectivity index (χ3n) is 5.80. The lowest BCUT2D eigenvalue weighted by Crippen LogP contribution is -2.22.